The number of nitrogens with zero attached hydrogens (tertiary/aromatic N) is 2. The third-order valence-corrected chi connectivity index (χ3v) is 26.6. The van der Waals surface area contributed by atoms with Crippen molar-refractivity contribution in [2.45, 2.75) is 199 Å². The van der Waals surface area contributed by atoms with Gasteiger partial charge in [-0.25, -0.2) is 0 Å². The molecule has 5 heterocycles. The summed E-state index contributed by atoms with van der Waals surface area (Å²) in [4.78, 5) is 5.52. The maximum Gasteiger partial charge on any atom is 0.254 e. The van der Waals surface area contributed by atoms with E-state index in [1.165, 1.54) is 125 Å². The molecule has 3 aliphatic carbocycles. The highest BCUT2D eigenvalue weighted by Gasteiger charge is 2.54. The number of anilines is 6. The molecule has 0 spiro atoms. The molecular formula is C69H81BN2SSi. The van der Waals surface area contributed by atoms with E-state index in [9.17, 15) is 0 Å². The number of thiophene rings is 1. The molecule has 1 unspecified atom stereocenters. The second-order valence-electron chi connectivity index (χ2n) is 29.9. The van der Waals surface area contributed by atoms with Crippen LogP contribution in [0.5, 0.6) is 0 Å². The van der Waals surface area contributed by atoms with Gasteiger partial charge in [-0.1, -0.05) is 165 Å². The molecule has 14 rings (SSSR count). The molecule has 6 aromatic carbocycles. The lowest BCUT2D eigenvalue weighted by Gasteiger charge is -2.54. The number of fused-ring (bicyclic) bond motifs is 9. The van der Waals surface area contributed by atoms with Crippen molar-refractivity contribution in [3.63, 3.8) is 0 Å². The molecule has 380 valence electrons. The normalized spacial score (nSPS) is 22.2. The van der Waals surface area contributed by atoms with Gasteiger partial charge in [-0.2, -0.15) is 0 Å². The molecule has 0 fully saturated rings. The Morgan fingerprint density at radius 3 is 1.76 bits per heavy atom. The van der Waals surface area contributed by atoms with Crippen LogP contribution in [0.4, 0.5) is 33.4 Å². The molecular weight excluding hydrogens is 928 g/mol. The molecule has 5 bridgehead atoms. The summed E-state index contributed by atoms with van der Waals surface area (Å²) in [5.74, 6) is 0. The van der Waals surface area contributed by atoms with Gasteiger partial charge in [0.15, 0.2) is 0 Å². The van der Waals surface area contributed by atoms with Gasteiger partial charge in [-0.05, 0) is 209 Å². The standard InChI is InChI=1S/C69H81BN2SSi/c1-40-31-56-61-57(32-40)72-54-26-21-42(63(2,3)4)33-45(54)41-19-23-44(24-20-41)74(17,18)59-39-68(13,14)50-36-53(55(72)37-52(50)69(59,15)16)70(61)60-46-35-49-51(67(11,12)30-29-66(49,9)10)38-58(46)73-62(60)71(56)43-22-25-47-48(34-43)65(7,8)28-27-64(47,5)6/h19-26,31-38,59H,27-30,39H2,1-18H3. The van der Waals surface area contributed by atoms with Gasteiger partial charge in [0.25, 0.3) is 6.71 Å². The van der Waals surface area contributed by atoms with E-state index in [0.29, 0.717) is 5.54 Å². The van der Waals surface area contributed by atoms with Crippen LogP contribution >= 0.6 is 11.3 Å². The SMILES string of the molecule is Cc1cc2c3c(c1)N(c1ccc4c(c1)C(C)(C)CCC4(C)C)c1sc4cc5c(cc4c1B3c1cc3c4cc1N2c1ccc(C(C)(C)C)cc1-c1ccc(cc1)[Si](C)(C)C(CC3(C)C)C4(C)C)C(C)(C)CCC5(C)C. The van der Waals surface area contributed by atoms with Crippen LogP contribution in [0.3, 0.4) is 0 Å². The molecule has 0 radical (unpaired) electrons. The Morgan fingerprint density at radius 2 is 1.12 bits per heavy atom. The van der Waals surface area contributed by atoms with Gasteiger partial charge in [0, 0.05) is 33.0 Å². The van der Waals surface area contributed by atoms with Crippen LogP contribution in [0.15, 0.2) is 97.1 Å². The summed E-state index contributed by atoms with van der Waals surface area (Å²) in [6.07, 6.45) is 5.98. The second kappa shape index (κ2) is 15.0. The molecule has 0 amide bonds. The monoisotopic (exact) mass is 1010 g/mol. The van der Waals surface area contributed by atoms with Crippen molar-refractivity contribution in [3.05, 3.63) is 142 Å². The summed E-state index contributed by atoms with van der Waals surface area (Å²) in [5, 5.41) is 4.41. The minimum absolute atomic E-state index is 0.0133. The number of aryl methyl sites for hydroxylation is 1. The highest BCUT2D eigenvalue weighted by atomic mass is 32.1. The van der Waals surface area contributed by atoms with Crippen molar-refractivity contribution in [2.75, 3.05) is 9.80 Å². The molecule has 4 aliphatic heterocycles. The lowest BCUT2D eigenvalue weighted by Crippen LogP contribution is -2.62. The van der Waals surface area contributed by atoms with Gasteiger partial charge in [0.05, 0.1) is 18.8 Å². The van der Waals surface area contributed by atoms with E-state index in [1.54, 1.807) is 27.4 Å². The smallest absolute Gasteiger partial charge is 0.254 e. The number of rotatable bonds is 1. The zero-order chi connectivity index (χ0) is 52.6. The van der Waals surface area contributed by atoms with E-state index < -0.39 is 8.07 Å². The van der Waals surface area contributed by atoms with Gasteiger partial charge in [-0.3, -0.25) is 0 Å². The predicted octanol–water partition coefficient (Wildman–Crippen LogP) is 17.2. The molecule has 2 nitrogen and oxygen atoms in total. The summed E-state index contributed by atoms with van der Waals surface area (Å²) < 4.78 is 1.43. The largest absolute Gasteiger partial charge is 0.311 e. The summed E-state index contributed by atoms with van der Waals surface area (Å²) in [6.45, 7) is 45.2. The maximum absolute atomic E-state index is 2.79. The van der Waals surface area contributed by atoms with E-state index >= 15 is 0 Å². The third-order valence-electron chi connectivity index (χ3n) is 21.0. The summed E-state index contributed by atoms with van der Waals surface area (Å²) in [6, 6.07) is 41.2. The fourth-order valence-electron chi connectivity index (χ4n) is 16.0. The van der Waals surface area contributed by atoms with Crippen molar-refractivity contribution in [1.29, 1.82) is 0 Å². The van der Waals surface area contributed by atoms with Gasteiger partial charge >= 0.3 is 0 Å². The van der Waals surface area contributed by atoms with Crippen LogP contribution in [-0.2, 0) is 37.9 Å². The zero-order valence-electron chi connectivity index (χ0n) is 48.2. The zero-order valence-corrected chi connectivity index (χ0v) is 50.0. The van der Waals surface area contributed by atoms with Crippen molar-refractivity contribution >= 4 is 91.2 Å². The minimum Gasteiger partial charge on any atom is -0.311 e. The number of hydrogen-bond acceptors (Lipinski definition) is 3. The van der Waals surface area contributed by atoms with Gasteiger partial charge in [0.1, 0.15) is 0 Å². The van der Waals surface area contributed by atoms with E-state index in [2.05, 4.69) is 242 Å². The van der Waals surface area contributed by atoms with E-state index in [0.717, 1.165) is 0 Å². The highest BCUT2D eigenvalue weighted by Crippen LogP contribution is 2.59. The molecule has 0 saturated carbocycles. The Morgan fingerprint density at radius 1 is 0.541 bits per heavy atom. The average molecular weight is 1010 g/mol. The fraction of sp³-hybridized carbons (Fsp3) is 0.449. The topological polar surface area (TPSA) is 6.48 Å². The molecule has 0 saturated heterocycles. The van der Waals surface area contributed by atoms with E-state index in [4.69, 9.17) is 0 Å². The molecule has 7 aliphatic rings. The van der Waals surface area contributed by atoms with Crippen LogP contribution in [0, 0.1) is 6.92 Å². The lowest BCUT2D eigenvalue weighted by molar-refractivity contribution is 0.325. The number of benzene rings is 6. The summed E-state index contributed by atoms with van der Waals surface area (Å²) >= 11 is 2.06. The first kappa shape index (κ1) is 48.8. The Bertz CT molecular complexity index is 3590. The average Bonchev–Trinajstić information content (AvgIpc) is 3.70. The Kier molecular flexibility index (Phi) is 9.89. The van der Waals surface area contributed by atoms with Gasteiger partial charge in [0.2, 0.25) is 0 Å². The fourth-order valence-corrected chi connectivity index (χ4v) is 21.7. The second-order valence-corrected chi connectivity index (χ2v) is 35.6. The van der Waals surface area contributed by atoms with Crippen molar-refractivity contribution in [1.82, 2.24) is 0 Å². The number of hydrogen-bond donors (Lipinski definition) is 0. The first-order valence-corrected chi connectivity index (χ1v) is 32.3. The first-order chi connectivity index (χ1) is 34.4. The van der Waals surface area contributed by atoms with Crippen LogP contribution < -0.4 is 31.4 Å². The molecule has 74 heavy (non-hydrogen) atoms. The van der Waals surface area contributed by atoms with Crippen molar-refractivity contribution in [2.24, 2.45) is 0 Å². The Labute approximate surface area is 450 Å². The quantitative estimate of drug-likeness (QED) is 0.151. The van der Waals surface area contributed by atoms with Gasteiger partial charge in [-0.15, -0.1) is 11.3 Å². The van der Waals surface area contributed by atoms with Crippen molar-refractivity contribution < 1.29 is 0 Å². The first-order valence-electron chi connectivity index (χ1n) is 28.4. The summed E-state index contributed by atoms with van der Waals surface area (Å²) in [7, 11) is -2.03. The highest BCUT2D eigenvalue weighted by molar-refractivity contribution is 7.26. The molecule has 1 atom stereocenters. The summed E-state index contributed by atoms with van der Waals surface area (Å²) in [5.41, 5.74) is 26.3. The van der Waals surface area contributed by atoms with Crippen LogP contribution in [0.25, 0.3) is 21.2 Å². The predicted molar refractivity (Wildman–Crippen MR) is 327 cm³/mol. The molecule has 0 N–H and O–H groups in total. The Hall–Kier alpha value is -4.84. The van der Waals surface area contributed by atoms with Gasteiger partial charge < -0.3 is 9.80 Å². The molecule has 7 aromatic rings. The molecule has 1 aromatic heterocycles. The molecule has 5 heteroatoms. The van der Waals surface area contributed by atoms with Crippen LogP contribution in [-0.4, -0.2) is 14.8 Å². The maximum atomic E-state index is 2.79. The third kappa shape index (κ3) is 6.66. The van der Waals surface area contributed by atoms with Crippen LogP contribution in [0.1, 0.15) is 180 Å². The Balaban J connectivity index is 1.20. The lowest BCUT2D eigenvalue weighted by atomic mass is 9.33. The van der Waals surface area contributed by atoms with Crippen molar-refractivity contribution in [3.8, 4) is 11.1 Å². The minimum atomic E-state index is -2.03. The van der Waals surface area contributed by atoms with E-state index in [1.807, 2.05) is 0 Å². The van der Waals surface area contributed by atoms with E-state index in [-0.39, 0.29) is 44.6 Å². The van der Waals surface area contributed by atoms with Crippen LogP contribution in [0.2, 0.25) is 18.6 Å².